The minimum Gasteiger partial charge on any atom is -0.480 e. The molecule has 2 fully saturated rings. The van der Waals surface area contributed by atoms with Crippen LogP contribution in [0.25, 0.3) is 11.1 Å². The maximum atomic E-state index is 14.3. The van der Waals surface area contributed by atoms with Crippen molar-refractivity contribution < 1.29 is 27.8 Å². The van der Waals surface area contributed by atoms with Crippen molar-refractivity contribution in [1.29, 1.82) is 0 Å². The number of ether oxygens (including phenoxy) is 1. The van der Waals surface area contributed by atoms with Crippen LogP contribution >= 0.6 is 0 Å². The highest BCUT2D eigenvalue weighted by Crippen LogP contribution is 2.41. The molecule has 224 valence electrons. The zero-order chi connectivity index (χ0) is 30.1. The highest BCUT2D eigenvalue weighted by Gasteiger charge is 2.45. The van der Waals surface area contributed by atoms with Gasteiger partial charge >= 0.3 is 12.1 Å². The zero-order valence-corrected chi connectivity index (χ0v) is 23.6. The van der Waals surface area contributed by atoms with Crippen molar-refractivity contribution in [2.24, 2.45) is 5.41 Å². The van der Waals surface area contributed by atoms with Crippen molar-refractivity contribution in [2.45, 2.75) is 44.1 Å². The molecule has 1 aromatic heterocycles. The Morgan fingerprint density at radius 3 is 2.48 bits per heavy atom. The first kappa shape index (κ1) is 29.6. The van der Waals surface area contributed by atoms with Gasteiger partial charge in [0.2, 0.25) is 17.9 Å². The Hall–Kier alpha value is -3.90. The highest BCUT2D eigenvalue weighted by atomic mass is 19.4. The van der Waals surface area contributed by atoms with Gasteiger partial charge in [-0.2, -0.15) is 23.1 Å². The molecule has 12 heteroatoms. The van der Waals surface area contributed by atoms with Gasteiger partial charge in [0, 0.05) is 37.8 Å². The summed E-state index contributed by atoms with van der Waals surface area (Å²) in [4.78, 5) is 23.5. The molecule has 1 spiro atoms. The Morgan fingerprint density at radius 2 is 1.86 bits per heavy atom. The number of carboxylic acid groups (broad SMARTS) is 1. The van der Waals surface area contributed by atoms with Crippen LogP contribution in [0, 0.1) is 5.41 Å². The number of carbonyl (C=O) groups is 1. The highest BCUT2D eigenvalue weighted by molar-refractivity contribution is 5.74. The Bertz CT molecular complexity index is 1410. The zero-order valence-electron chi connectivity index (χ0n) is 23.6. The summed E-state index contributed by atoms with van der Waals surface area (Å²) < 4.78 is 48.3. The molecule has 2 aliphatic rings. The van der Waals surface area contributed by atoms with Gasteiger partial charge in [0.05, 0.1) is 0 Å². The second kappa shape index (κ2) is 11.8. The van der Waals surface area contributed by atoms with Crippen LogP contribution in [0.2, 0.25) is 0 Å². The maximum absolute atomic E-state index is 14.3. The van der Waals surface area contributed by atoms with Crippen molar-refractivity contribution in [3.05, 3.63) is 65.7 Å². The SMILES string of the molecule is CN(C)Cc1ccccc1-c1ccc([C@@H](Oc2cc(N3CCC4(CC3)CN[C@H](C(=O)O)C4)nc(N)n2)C(F)(F)F)cc1. The molecule has 0 aliphatic carbocycles. The fourth-order valence-corrected chi connectivity index (χ4v) is 5.90. The number of halogens is 3. The van der Waals surface area contributed by atoms with Crippen LogP contribution in [-0.2, 0) is 11.3 Å². The number of anilines is 2. The second-order valence-electron chi connectivity index (χ2n) is 11.4. The average Bonchev–Trinajstić information content (AvgIpc) is 3.35. The number of benzene rings is 2. The first-order chi connectivity index (χ1) is 19.9. The van der Waals surface area contributed by atoms with Crippen LogP contribution in [0.15, 0.2) is 54.6 Å². The van der Waals surface area contributed by atoms with E-state index in [1.54, 1.807) is 12.1 Å². The molecular weight excluding hydrogens is 549 g/mol. The summed E-state index contributed by atoms with van der Waals surface area (Å²) in [6.45, 7) is 2.43. The lowest BCUT2D eigenvalue weighted by atomic mass is 9.76. The second-order valence-corrected chi connectivity index (χ2v) is 11.4. The van der Waals surface area contributed by atoms with Gasteiger partial charge in [-0.1, -0.05) is 48.5 Å². The summed E-state index contributed by atoms with van der Waals surface area (Å²) in [5.74, 6) is -0.941. The molecule has 2 saturated heterocycles. The van der Waals surface area contributed by atoms with Gasteiger partial charge in [-0.15, -0.1) is 0 Å². The number of nitrogens with zero attached hydrogens (tertiary/aromatic N) is 4. The molecule has 4 N–H and O–H groups in total. The number of nitrogens with one attached hydrogen (secondary N) is 1. The number of aliphatic carboxylic acids is 1. The number of hydrogen-bond acceptors (Lipinski definition) is 8. The molecule has 5 rings (SSSR count). The fraction of sp³-hybridized carbons (Fsp3) is 0.433. The number of nitrogens with two attached hydrogens (primary N) is 1. The van der Waals surface area contributed by atoms with Gasteiger partial charge in [-0.3, -0.25) is 4.79 Å². The van der Waals surface area contributed by atoms with Gasteiger partial charge < -0.3 is 30.7 Å². The molecule has 3 heterocycles. The number of aromatic nitrogens is 2. The summed E-state index contributed by atoms with van der Waals surface area (Å²) >= 11 is 0. The quantitative estimate of drug-likeness (QED) is 0.352. The number of nitrogen functional groups attached to an aromatic ring is 1. The molecule has 3 aromatic rings. The Balaban J connectivity index is 1.33. The normalized spacial score (nSPS) is 19.3. The van der Waals surface area contributed by atoms with Crippen LogP contribution in [0.1, 0.15) is 36.5 Å². The molecule has 42 heavy (non-hydrogen) atoms. The number of rotatable bonds is 8. The maximum Gasteiger partial charge on any atom is 0.429 e. The molecule has 9 nitrogen and oxygen atoms in total. The van der Waals surface area contributed by atoms with E-state index in [2.05, 4.69) is 15.3 Å². The van der Waals surface area contributed by atoms with E-state index >= 15 is 0 Å². The van der Waals surface area contributed by atoms with Crippen molar-refractivity contribution in [2.75, 3.05) is 44.4 Å². The minimum absolute atomic E-state index is 0.0586. The molecule has 2 aromatic carbocycles. The summed E-state index contributed by atoms with van der Waals surface area (Å²) in [7, 11) is 3.92. The van der Waals surface area contributed by atoms with E-state index in [4.69, 9.17) is 10.5 Å². The summed E-state index contributed by atoms with van der Waals surface area (Å²) in [6.07, 6.45) is -4.98. The molecule has 0 bridgehead atoms. The number of alkyl halides is 3. The average molecular weight is 585 g/mol. The molecular formula is C30H35F3N6O3. The molecule has 0 unspecified atom stereocenters. The van der Waals surface area contributed by atoms with Crippen LogP contribution in [0.3, 0.4) is 0 Å². The lowest BCUT2D eigenvalue weighted by Gasteiger charge is -2.39. The van der Waals surface area contributed by atoms with Crippen LogP contribution < -0.4 is 20.7 Å². The summed E-state index contributed by atoms with van der Waals surface area (Å²) in [5, 5.41) is 12.4. The van der Waals surface area contributed by atoms with Gasteiger partial charge in [0.1, 0.15) is 11.9 Å². The van der Waals surface area contributed by atoms with Gasteiger partial charge in [0.25, 0.3) is 0 Å². The van der Waals surface area contributed by atoms with E-state index in [-0.39, 0.29) is 22.8 Å². The number of piperidine rings is 1. The van der Waals surface area contributed by atoms with E-state index in [0.717, 1.165) is 29.5 Å². The minimum atomic E-state index is -4.71. The summed E-state index contributed by atoms with van der Waals surface area (Å²) in [6, 6.07) is 14.8. The summed E-state index contributed by atoms with van der Waals surface area (Å²) in [5.41, 5.74) is 8.54. The lowest BCUT2D eigenvalue weighted by Crippen LogP contribution is -2.41. The molecule has 0 saturated carbocycles. The van der Waals surface area contributed by atoms with Crippen molar-refractivity contribution >= 4 is 17.7 Å². The third kappa shape index (κ3) is 6.60. The standard InChI is InChI=1S/C30H35F3N6O3/c1-38(2)17-21-5-3-4-6-22(21)19-7-9-20(10-8-19)26(30(31,32)33)42-25-15-24(36-28(34)37-25)39-13-11-29(12-14-39)16-23(27(40)41)35-18-29/h3-10,15,23,26,35H,11-14,16-18H2,1-2H3,(H,40,41)(H2,34,36,37)/t23-,26+/m0/s1. The molecule has 0 amide bonds. The van der Waals surface area contributed by atoms with E-state index in [1.165, 1.54) is 18.2 Å². The van der Waals surface area contributed by atoms with Crippen molar-refractivity contribution in [3.8, 4) is 17.0 Å². The smallest absolute Gasteiger partial charge is 0.429 e. The molecule has 2 aliphatic heterocycles. The first-order valence-electron chi connectivity index (χ1n) is 13.8. The van der Waals surface area contributed by atoms with Gasteiger partial charge in [0.15, 0.2) is 0 Å². The van der Waals surface area contributed by atoms with Gasteiger partial charge in [-0.25, -0.2) is 0 Å². The van der Waals surface area contributed by atoms with Crippen LogP contribution in [0.5, 0.6) is 5.88 Å². The van der Waals surface area contributed by atoms with Crippen LogP contribution in [-0.4, -0.2) is 71.9 Å². The van der Waals surface area contributed by atoms with Crippen LogP contribution in [0.4, 0.5) is 24.9 Å². The van der Waals surface area contributed by atoms with Crippen molar-refractivity contribution in [3.63, 3.8) is 0 Å². The molecule has 0 radical (unpaired) electrons. The van der Waals surface area contributed by atoms with E-state index < -0.39 is 24.3 Å². The lowest BCUT2D eigenvalue weighted by molar-refractivity contribution is -0.198. The topological polar surface area (TPSA) is 117 Å². The molecule has 2 atom stereocenters. The van der Waals surface area contributed by atoms with E-state index in [1.807, 2.05) is 48.2 Å². The predicted octanol–water partition coefficient (Wildman–Crippen LogP) is 4.50. The number of hydrogen-bond donors (Lipinski definition) is 3. The third-order valence-corrected chi connectivity index (χ3v) is 8.08. The van der Waals surface area contributed by atoms with Crippen molar-refractivity contribution in [1.82, 2.24) is 20.2 Å². The van der Waals surface area contributed by atoms with E-state index in [0.29, 0.717) is 38.4 Å². The largest absolute Gasteiger partial charge is 0.480 e. The number of carboxylic acids is 1. The van der Waals surface area contributed by atoms with E-state index in [9.17, 15) is 23.1 Å². The predicted molar refractivity (Wildman–Crippen MR) is 153 cm³/mol. The Morgan fingerprint density at radius 1 is 1.17 bits per heavy atom. The monoisotopic (exact) mass is 584 g/mol. The van der Waals surface area contributed by atoms with Gasteiger partial charge in [-0.05, 0) is 55.5 Å². The third-order valence-electron chi connectivity index (χ3n) is 8.08. The first-order valence-corrected chi connectivity index (χ1v) is 13.8. The Kier molecular flexibility index (Phi) is 8.29. The Labute approximate surface area is 242 Å². The fourth-order valence-electron chi connectivity index (χ4n) is 5.90.